The van der Waals surface area contributed by atoms with E-state index in [2.05, 4.69) is 23.7 Å². The van der Waals surface area contributed by atoms with E-state index in [0.717, 1.165) is 19.0 Å². The third kappa shape index (κ3) is 3.50. The fraction of sp³-hybridized carbons (Fsp3) is 0.769. The summed E-state index contributed by atoms with van der Waals surface area (Å²) in [6.07, 6.45) is 3.85. The van der Waals surface area contributed by atoms with Crippen LogP contribution in [0.3, 0.4) is 0 Å². The Hall–Kier alpha value is -0.450. The van der Waals surface area contributed by atoms with Gasteiger partial charge in [0.2, 0.25) is 0 Å². The van der Waals surface area contributed by atoms with Crippen LogP contribution in [0.25, 0.3) is 0 Å². The molecular formula is C13H23N3S. The Labute approximate surface area is 108 Å². The predicted octanol–water partition coefficient (Wildman–Crippen LogP) is 2.32. The molecule has 1 atom stereocenters. The molecule has 0 saturated carbocycles. The molecule has 0 spiro atoms. The molecule has 1 aromatic heterocycles. The van der Waals surface area contributed by atoms with E-state index in [9.17, 15) is 0 Å². The molecule has 1 aromatic rings. The first-order valence-corrected chi connectivity index (χ1v) is 7.36. The van der Waals surface area contributed by atoms with Crippen molar-refractivity contribution in [2.45, 2.75) is 39.7 Å². The quantitative estimate of drug-likeness (QED) is 0.895. The summed E-state index contributed by atoms with van der Waals surface area (Å²) in [5.41, 5.74) is 6.87. The minimum atomic E-state index is 0.808. The van der Waals surface area contributed by atoms with Crippen molar-refractivity contribution in [3.63, 3.8) is 0 Å². The van der Waals surface area contributed by atoms with Gasteiger partial charge in [0.25, 0.3) is 0 Å². The molecule has 2 N–H and O–H groups in total. The molecule has 2 rings (SSSR count). The molecule has 2 heterocycles. The molecule has 0 aromatic carbocycles. The number of thiazole rings is 1. The molecule has 0 amide bonds. The standard InChI is InChI=1S/C13H23N3S/c1-10-13(17-11(2)15-10)9-16-7-3-4-12(8-16)5-6-14/h12H,3-9,14H2,1-2H3. The molecule has 3 nitrogen and oxygen atoms in total. The van der Waals surface area contributed by atoms with E-state index < -0.39 is 0 Å². The van der Waals surface area contributed by atoms with Crippen LogP contribution in [-0.2, 0) is 6.54 Å². The third-order valence-electron chi connectivity index (χ3n) is 3.54. The highest BCUT2D eigenvalue weighted by molar-refractivity contribution is 7.11. The first-order valence-electron chi connectivity index (χ1n) is 6.54. The Morgan fingerprint density at radius 1 is 1.47 bits per heavy atom. The lowest BCUT2D eigenvalue weighted by Gasteiger charge is -2.32. The summed E-state index contributed by atoms with van der Waals surface area (Å²) >= 11 is 1.85. The number of nitrogens with zero attached hydrogens (tertiary/aromatic N) is 2. The summed E-state index contributed by atoms with van der Waals surface area (Å²) in [4.78, 5) is 8.52. The summed E-state index contributed by atoms with van der Waals surface area (Å²) in [7, 11) is 0. The molecule has 4 heteroatoms. The van der Waals surface area contributed by atoms with Crippen LogP contribution >= 0.6 is 11.3 Å². The summed E-state index contributed by atoms with van der Waals surface area (Å²) in [5, 5.41) is 1.19. The van der Waals surface area contributed by atoms with Gasteiger partial charge in [0.15, 0.2) is 0 Å². The van der Waals surface area contributed by atoms with Crippen LogP contribution in [0.15, 0.2) is 0 Å². The Balaban J connectivity index is 1.92. The summed E-state index contributed by atoms with van der Waals surface area (Å²) in [6.45, 7) is 8.58. The number of aryl methyl sites for hydroxylation is 2. The van der Waals surface area contributed by atoms with Gasteiger partial charge in [-0.2, -0.15) is 0 Å². The highest BCUT2D eigenvalue weighted by Crippen LogP contribution is 2.24. The molecule has 0 bridgehead atoms. The van der Waals surface area contributed by atoms with Crippen molar-refractivity contribution >= 4 is 11.3 Å². The van der Waals surface area contributed by atoms with Crippen molar-refractivity contribution < 1.29 is 0 Å². The second-order valence-electron chi connectivity index (χ2n) is 5.06. The maximum atomic E-state index is 5.66. The molecule has 1 aliphatic rings. The number of hydrogen-bond donors (Lipinski definition) is 1. The fourth-order valence-corrected chi connectivity index (χ4v) is 3.67. The van der Waals surface area contributed by atoms with Crippen molar-refractivity contribution in [1.82, 2.24) is 9.88 Å². The fourth-order valence-electron chi connectivity index (χ4n) is 2.69. The van der Waals surface area contributed by atoms with E-state index in [0.29, 0.717) is 0 Å². The SMILES string of the molecule is Cc1nc(C)c(CN2CCCC(CCN)C2)s1. The lowest BCUT2D eigenvalue weighted by atomic mass is 9.95. The number of hydrogen-bond acceptors (Lipinski definition) is 4. The molecule has 0 aliphatic carbocycles. The minimum absolute atomic E-state index is 0.808. The molecule has 1 fully saturated rings. The van der Waals surface area contributed by atoms with Gasteiger partial charge in [-0.25, -0.2) is 4.98 Å². The van der Waals surface area contributed by atoms with E-state index in [1.165, 1.54) is 47.9 Å². The van der Waals surface area contributed by atoms with Crippen LogP contribution in [0, 0.1) is 19.8 Å². The Morgan fingerprint density at radius 2 is 2.29 bits per heavy atom. The summed E-state index contributed by atoms with van der Waals surface area (Å²) < 4.78 is 0. The van der Waals surface area contributed by atoms with Crippen LogP contribution < -0.4 is 5.73 Å². The number of piperidine rings is 1. The minimum Gasteiger partial charge on any atom is -0.330 e. The maximum absolute atomic E-state index is 5.66. The normalized spacial score (nSPS) is 21.9. The molecule has 1 saturated heterocycles. The lowest BCUT2D eigenvalue weighted by Crippen LogP contribution is -2.35. The van der Waals surface area contributed by atoms with Gasteiger partial charge in [0.05, 0.1) is 10.7 Å². The van der Waals surface area contributed by atoms with Gasteiger partial charge in [0.1, 0.15) is 0 Å². The van der Waals surface area contributed by atoms with Crippen molar-refractivity contribution in [2.24, 2.45) is 11.7 Å². The topological polar surface area (TPSA) is 42.2 Å². The first kappa shape index (κ1) is 13.0. The van der Waals surface area contributed by atoms with Gasteiger partial charge in [-0.05, 0) is 52.1 Å². The van der Waals surface area contributed by atoms with Gasteiger partial charge >= 0.3 is 0 Å². The number of likely N-dealkylation sites (tertiary alicyclic amines) is 1. The van der Waals surface area contributed by atoms with E-state index in [-0.39, 0.29) is 0 Å². The second kappa shape index (κ2) is 5.94. The molecule has 1 unspecified atom stereocenters. The number of aromatic nitrogens is 1. The summed E-state index contributed by atoms with van der Waals surface area (Å²) in [5.74, 6) is 0.808. The van der Waals surface area contributed by atoms with E-state index in [1.54, 1.807) is 0 Å². The van der Waals surface area contributed by atoms with Gasteiger partial charge in [-0.15, -0.1) is 11.3 Å². The monoisotopic (exact) mass is 253 g/mol. The van der Waals surface area contributed by atoms with Crippen molar-refractivity contribution in [3.05, 3.63) is 15.6 Å². The smallest absolute Gasteiger partial charge is 0.0900 e. The Bertz CT molecular complexity index is 360. The van der Waals surface area contributed by atoms with E-state index in [1.807, 2.05) is 11.3 Å². The maximum Gasteiger partial charge on any atom is 0.0900 e. The Morgan fingerprint density at radius 3 is 2.94 bits per heavy atom. The molecule has 17 heavy (non-hydrogen) atoms. The van der Waals surface area contributed by atoms with Gasteiger partial charge in [0, 0.05) is 18.0 Å². The Kier molecular flexibility index (Phi) is 4.54. The molecule has 0 radical (unpaired) electrons. The highest BCUT2D eigenvalue weighted by Gasteiger charge is 2.20. The van der Waals surface area contributed by atoms with Gasteiger partial charge < -0.3 is 5.73 Å². The molecular weight excluding hydrogens is 230 g/mol. The van der Waals surface area contributed by atoms with Crippen molar-refractivity contribution in [3.8, 4) is 0 Å². The molecule has 1 aliphatic heterocycles. The number of rotatable bonds is 4. The van der Waals surface area contributed by atoms with Gasteiger partial charge in [-0.1, -0.05) is 0 Å². The van der Waals surface area contributed by atoms with Crippen LogP contribution in [0.2, 0.25) is 0 Å². The third-order valence-corrected chi connectivity index (χ3v) is 4.60. The van der Waals surface area contributed by atoms with Crippen LogP contribution in [-0.4, -0.2) is 29.5 Å². The molecule has 96 valence electrons. The predicted molar refractivity (Wildman–Crippen MR) is 73.3 cm³/mol. The van der Waals surface area contributed by atoms with E-state index in [4.69, 9.17) is 5.73 Å². The average Bonchev–Trinajstić information content (AvgIpc) is 2.58. The first-order chi connectivity index (χ1) is 8.19. The van der Waals surface area contributed by atoms with E-state index >= 15 is 0 Å². The van der Waals surface area contributed by atoms with Crippen LogP contribution in [0.1, 0.15) is 34.8 Å². The van der Waals surface area contributed by atoms with Crippen LogP contribution in [0.4, 0.5) is 0 Å². The zero-order valence-corrected chi connectivity index (χ0v) is 11.7. The lowest BCUT2D eigenvalue weighted by molar-refractivity contribution is 0.164. The highest BCUT2D eigenvalue weighted by atomic mass is 32.1. The second-order valence-corrected chi connectivity index (χ2v) is 6.35. The summed E-state index contributed by atoms with van der Waals surface area (Å²) in [6, 6.07) is 0. The largest absolute Gasteiger partial charge is 0.330 e. The van der Waals surface area contributed by atoms with Crippen LogP contribution in [0.5, 0.6) is 0 Å². The average molecular weight is 253 g/mol. The zero-order chi connectivity index (χ0) is 12.3. The number of nitrogens with two attached hydrogens (primary N) is 1. The van der Waals surface area contributed by atoms with Gasteiger partial charge in [-0.3, -0.25) is 4.90 Å². The van der Waals surface area contributed by atoms with Crippen molar-refractivity contribution in [2.75, 3.05) is 19.6 Å². The van der Waals surface area contributed by atoms with Crippen molar-refractivity contribution in [1.29, 1.82) is 0 Å². The zero-order valence-electron chi connectivity index (χ0n) is 10.9.